The predicted molar refractivity (Wildman–Crippen MR) is 51.9 cm³/mol. The molecule has 1 unspecified atom stereocenters. The van der Waals surface area contributed by atoms with Crippen LogP contribution in [-0.2, 0) is 4.74 Å². The van der Waals surface area contributed by atoms with Crippen molar-refractivity contribution in [3.63, 3.8) is 0 Å². The molecule has 0 spiro atoms. The van der Waals surface area contributed by atoms with Crippen LogP contribution in [-0.4, -0.2) is 25.8 Å². The maximum atomic E-state index is 5.26. The highest BCUT2D eigenvalue weighted by atomic mass is 16.5. The summed E-state index contributed by atoms with van der Waals surface area (Å²) in [6.07, 6.45) is 5.17. The normalized spacial score (nSPS) is 12.1. The van der Waals surface area contributed by atoms with Crippen molar-refractivity contribution >= 4 is 0 Å². The largest absolute Gasteiger partial charge is 0.376 e. The van der Waals surface area contributed by atoms with Gasteiger partial charge in [-0.1, -0.05) is 18.1 Å². The summed E-state index contributed by atoms with van der Waals surface area (Å²) in [5.74, 6) is 2.58. The van der Waals surface area contributed by atoms with Gasteiger partial charge in [0.05, 0.1) is 19.3 Å². The van der Waals surface area contributed by atoms with E-state index in [0.717, 1.165) is 12.1 Å². The summed E-state index contributed by atoms with van der Waals surface area (Å²) < 4.78 is 5.26. The first kappa shape index (κ1) is 11.2. The van der Waals surface area contributed by atoms with Crippen molar-refractivity contribution in [2.24, 2.45) is 0 Å². The Morgan fingerprint density at radius 3 is 2.92 bits per heavy atom. The van der Waals surface area contributed by atoms with E-state index < -0.39 is 0 Å². The molecule has 0 aliphatic carbocycles. The van der Waals surface area contributed by atoms with Crippen LogP contribution in [0.5, 0.6) is 0 Å². The first-order valence-electron chi connectivity index (χ1n) is 4.08. The van der Waals surface area contributed by atoms with Gasteiger partial charge in [-0.05, 0) is 13.8 Å². The third-order valence-corrected chi connectivity index (χ3v) is 1.30. The summed E-state index contributed by atoms with van der Waals surface area (Å²) in [4.78, 5) is 0. The standard InChI is InChI=1S/C10H17NO/c1-5-10(4)11-6-7-12-8-9(2)3/h1,10-11H,2,6-8H2,3-4H3. The predicted octanol–water partition coefficient (Wildman–Crippen LogP) is 1.19. The lowest BCUT2D eigenvalue weighted by Crippen LogP contribution is -2.28. The van der Waals surface area contributed by atoms with Crippen LogP contribution in [0.4, 0.5) is 0 Å². The minimum absolute atomic E-state index is 0.124. The smallest absolute Gasteiger partial charge is 0.0672 e. The zero-order valence-electron chi connectivity index (χ0n) is 7.89. The Morgan fingerprint density at radius 2 is 2.42 bits per heavy atom. The first-order chi connectivity index (χ1) is 5.66. The van der Waals surface area contributed by atoms with Crippen molar-refractivity contribution in [1.29, 1.82) is 0 Å². The number of terminal acetylenes is 1. The molecule has 1 N–H and O–H groups in total. The molecule has 0 aliphatic rings. The number of ether oxygens (including phenoxy) is 1. The van der Waals surface area contributed by atoms with E-state index >= 15 is 0 Å². The van der Waals surface area contributed by atoms with Gasteiger partial charge in [0.2, 0.25) is 0 Å². The molecule has 0 aromatic rings. The van der Waals surface area contributed by atoms with Crippen LogP contribution in [0.3, 0.4) is 0 Å². The van der Waals surface area contributed by atoms with Gasteiger partial charge in [0, 0.05) is 6.54 Å². The quantitative estimate of drug-likeness (QED) is 0.364. The zero-order valence-corrected chi connectivity index (χ0v) is 7.89. The van der Waals surface area contributed by atoms with Gasteiger partial charge in [0.25, 0.3) is 0 Å². The van der Waals surface area contributed by atoms with Crippen LogP contribution in [0, 0.1) is 12.3 Å². The Hall–Kier alpha value is -0.780. The molecule has 0 heterocycles. The summed E-state index contributed by atoms with van der Waals surface area (Å²) in [6.45, 7) is 9.71. The highest BCUT2D eigenvalue weighted by Crippen LogP contribution is 1.86. The van der Waals surface area contributed by atoms with Crippen molar-refractivity contribution in [3.8, 4) is 12.3 Å². The molecule has 0 bridgehead atoms. The maximum Gasteiger partial charge on any atom is 0.0672 e. The van der Waals surface area contributed by atoms with E-state index in [1.54, 1.807) is 0 Å². The lowest BCUT2D eigenvalue weighted by molar-refractivity contribution is 0.157. The fraction of sp³-hybridized carbons (Fsp3) is 0.600. The van der Waals surface area contributed by atoms with Crippen molar-refractivity contribution < 1.29 is 4.74 Å². The Bertz CT molecular complexity index is 169. The fourth-order valence-corrected chi connectivity index (χ4v) is 0.653. The monoisotopic (exact) mass is 167 g/mol. The van der Waals surface area contributed by atoms with E-state index in [-0.39, 0.29) is 6.04 Å². The highest BCUT2D eigenvalue weighted by Gasteiger charge is 1.93. The molecular weight excluding hydrogens is 150 g/mol. The molecule has 0 radical (unpaired) electrons. The van der Waals surface area contributed by atoms with Gasteiger partial charge < -0.3 is 10.1 Å². The van der Waals surface area contributed by atoms with E-state index in [4.69, 9.17) is 11.2 Å². The third kappa shape index (κ3) is 7.33. The molecule has 0 amide bonds. The highest BCUT2D eigenvalue weighted by molar-refractivity contribution is 4.95. The topological polar surface area (TPSA) is 21.3 Å². The van der Waals surface area contributed by atoms with Gasteiger partial charge in [-0.3, -0.25) is 0 Å². The van der Waals surface area contributed by atoms with E-state index in [0.29, 0.717) is 13.2 Å². The molecular formula is C10H17NO. The Kier molecular flexibility index (Phi) is 6.45. The van der Waals surface area contributed by atoms with Crippen molar-refractivity contribution in [2.45, 2.75) is 19.9 Å². The minimum Gasteiger partial charge on any atom is -0.376 e. The second-order valence-corrected chi connectivity index (χ2v) is 2.85. The fourth-order valence-electron chi connectivity index (χ4n) is 0.653. The SMILES string of the molecule is C#CC(C)NCCOCC(=C)C. The Balaban J connectivity index is 3.12. The molecule has 0 aromatic carbocycles. The molecule has 1 atom stereocenters. The van der Waals surface area contributed by atoms with E-state index in [1.807, 2.05) is 13.8 Å². The van der Waals surface area contributed by atoms with Gasteiger partial charge >= 0.3 is 0 Å². The number of nitrogens with one attached hydrogen (secondary N) is 1. The molecule has 2 heteroatoms. The van der Waals surface area contributed by atoms with Gasteiger partial charge in [-0.2, -0.15) is 0 Å². The Labute approximate surface area is 75.0 Å². The first-order valence-corrected chi connectivity index (χ1v) is 4.08. The number of hydrogen-bond acceptors (Lipinski definition) is 2. The van der Waals surface area contributed by atoms with Gasteiger partial charge in [-0.15, -0.1) is 6.42 Å². The van der Waals surface area contributed by atoms with Crippen LogP contribution in [0.1, 0.15) is 13.8 Å². The molecule has 0 aromatic heterocycles. The molecule has 12 heavy (non-hydrogen) atoms. The van der Waals surface area contributed by atoms with Crippen LogP contribution in [0.25, 0.3) is 0 Å². The van der Waals surface area contributed by atoms with Crippen LogP contribution < -0.4 is 5.32 Å². The van der Waals surface area contributed by atoms with Gasteiger partial charge in [-0.25, -0.2) is 0 Å². The molecule has 0 saturated carbocycles. The average molecular weight is 167 g/mol. The van der Waals surface area contributed by atoms with E-state index in [9.17, 15) is 0 Å². The summed E-state index contributed by atoms with van der Waals surface area (Å²) in [5.41, 5.74) is 1.04. The van der Waals surface area contributed by atoms with E-state index in [1.165, 1.54) is 0 Å². The van der Waals surface area contributed by atoms with Crippen molar-refractivity contribution in [3.05, 3.63) is 12.2 Å². The molecule has 0 aliphatic heterocycles. The van der Waals surface area contributed by atoms with E-state index in [2.05, 4.69) is 17.8 Å². The van der Waals surface area contributed by atoms with Crippen LogP contribution in [0.2, 0.25) is 0 Å². The lowest BCUT2D eigenvalue weighted by Gasteiger charge is -2.07. The molecule has 68 valence electrons. The Morgan fingerprint density at radius 1 is 1.75 bits per heavy atom. The third-order valence-electron chi connectivity index (χ3n) is 1.30. The van der Waals surface area contributed by atoms with Crippen molar-refractivity contribution in [1.82, 2.24) is 5.32 Å². The molecule has 0 rings (SSSR count). The summed E-state index contributed by atoms with van der Waals surface area (Å²) in [6, 6.07) is 0.124. The second kappa shape index (κ2) is 6.90. The summed E-state index contributed by atoms with van der Waals surface area (Å²) >= 11 is 0. The summed E-state index contributed by atoms with van der Waals surface area (Å²) in [5, 5.41) is 3.12. The zero-order chi connectivity index (χ0) is 9.40. The maximum absolute atomic E-state index is 5.26. The van der Waals surface area contributed by atoms with Crippen LogP contribution >= 0.6 is 0 Å². The van der Waals surface area contributed by atoms with Gasteiger partial charge in [0.15, 0.2) is 0 Å². The molecule has 2 nitrogen and oxygen atoms in total. The lowest BCUT2D eigenvalue weighted by atomic mass is 10.3. The minimum atomic E-state index is 0.124. The summed E-state index contributed by atoms with van der Waals surface area (Å²) in [7, 11) is 0. The molecule has 0 saturated heterocycles. The van der Waals surface area contributed by atoms with Crippen molar-refractivity contribution in [2.75, 3.05) is 19.8 Å². The number of hydrogen-bond donors (Lipinski definition) is 1. The average Bonchev–Trinajstić information content (AvgIpc) is 2.03. The second-order valence-electron chi connectivity index (χ2n) is 2.85. The van der Waals surface area contributed by atoms with Crippen LogP contribution in [0.15, 0.2) is 12.2 Å². The number of rotatable bonds is 6. The van der Waals surface area contributed by atoms with Gasteiger partial charge in [0.1, 0.15) is 0 Å². The molecule has 0 fully saturated rings.